The van der Waals surface area contributed by atoms with Gasteiger partial charge >= 0.3 is 20.2 Å². The number of hydrogen-bond donors (Lipinski definition) is 3. The van der Waals surface area contributed by atoms with E-state index >= 15 is 8.78 Å². The van der Waals surface area contributed by atoms with E-state index in [1.54, 1.807) is 30.3 Å². The number of nitrogens with zero attached hydrogens (tertiary/aromatic N) is 7. The SMILES string of the molecule is C=CCOP(=O)(OCCC#N)OC1[C@@H](COP(=S)(OCCC#N)OC2C(F)[C@@H](CO)O[C@H]2n2ccc(=O)[nH]c2=O)O[C@@H](n2cnc3c(NC(=O)c4ccccc4)ncnc32)[C@H]1F. The molecular formula is C35H37F2N9O13P2S. The molecule has 2 fully saturated rings. The molecule has 4 aromatic rings. The van der Waals surface area contributed by atoms with E-state index in [1.807, 2.05) is 17.1 Å². The summed E-state index contributed by atoms with van der Waals surface area (Å²) in [4.78, 5) is 52.1. The molecule has 6 rings (SSSR count). The molecule has 10 atom stereocenters. The van der Waals surface area contributed by atoms with Crippen LogP contribution in [-0.4, -0.2) is 110 Å². The number of carbonyl (C=O) groups excluding carboxylic acids is 1. The molecule has 0 saturated carbocycles. The summed E-state index contributed by atoms with van der Waals surface area (Å²) >= 11 is 5.64. The van der Waals surface area contributed by atoms with Crippen molar-refractivity contribution in [2.75, 3.05) is 38.4 Å². The number of fused-ring (bicyclic) bond motifs is 1. The van der Waals surface area contributed by atoms with Crippen LogP contribution in [0.2, 0.25) is 0 Å². The summed E-state index contributed by atoms with van der Waals surface area (Å²) in [6, 6.07) is 12.8. The van der Waals surface area contributed by atoms with Crippen LogP contribution < -0.4 is 16.6 Å². The minimum atomic E-state index is -4.73. The minimum absolute atomic E-state index is 0.0243. The third-order valence-corrected chi connectivity index (χ3v) is 12.7. The third kappa shape index (κ3) is 10.8. The molecule has 0 bridgehead atoms. The number of anilines is 1. The van der Waals surface area contributed by atoms with Crippen LogP contribution in [0.1, 0.15) is 35.7 Å². The van der Waals surface area contributed by atoms with E-state index < -0.39 is 114 Å². The van der Waals surface area contributed by atoms with E-state index in [9.17, 15) is 29.3 Å². The monoisotopic (exact) mass is 923 g/mol. The van der Waals surface area contributed by atoms with Gasteiger partial charge in [0.25, 0.3) is 11.5 Å². The number of aromatic nitrogens is 6. The van der Waals surface area contributed by atoms with Gasteiger partial charge in [0.1, 0.15) is 30.7 Å². The van der Waals surface area contributed by atoms with E-state index in [0.717, 1.165) is 34.1 Å². The fourth-order valence-corrected chi connectivity index (χ4v) is 9.50. The number of phosphoric ester groups is 1. The summed E-state index contributed by atoms with van der Waals surface area (Å²) < 4.78 is 94.2. The molecule has 5 unspecified atom stereocenters. The number of alkyl halides is 2. The second kappa shape index (κ2) is 20.9. The lowest BCUT2D eigenvalue weighted by Gasteiger charge is -2.30. The van der Waals surface area contributed by atoms with Crippen LogP contribution in [0.4, 0.5) is 14.6 Å². The molecule has 0 radical (unpaired) electrons. The predicted octanol–water partition coefficient (Wildman–Crippen LogP) is 3.27. The number of ether oxygens (including phenoxy) is 2. The predicted molar refractivity (Wildman–Crippen MR) is 212 cm³/mol. The number of hydrogen-bond acceptors (Lipinski definition) is 19. The number of phosphoric acid groups is 1. The second-order valence-electron chi connectivity index (χ2n) is 13.0. The van der Waals surface area contributed by atoms with Gasteiger partial charge in [-0.1, -0.05) is 24.3 Å². The molecular weight excluding hydrogens is 886 g/mol. The van der Waals surface area contributed by atoms with Crippen LogP contribution in [0.25, 0.3) is 11.2 Å². The standard InChI is InChI=1S/C35H37F2N9O13P2S/c1-2-14-52-60(51,53-15-6-11-38)58-28-23(57-33(26(28)37)46-20-42-27-30(40-19-41-31(27)46)44-32(49)21-8-4-3-5-9-21)18-55-61(62,54-16-7-12-39)59-29-25(36)22(17-47)56-34(29)45-13-10-24(48)43-35(45)50/h2-5,8-10,13,19-20,22-23,25-26,28-29,33-34,47H,1,6-7,14-18H2,(H,43,48,50)(H,40,41,44,49)/t22-,23-,25?,26+,28?,29?,33-,34-,60?,61?/m1/s1. The van der Waals surface area contributed by atoms with Gasteiger partial charge in [0.2, 0.25) is 0 Å². The van der Waals surface area contributed by atoms with Gasteiger partial charge in [-0.15, -0.1) is 6.58 Å². The van der Waals surface area contributed by atoms with Crippen LogP contribution >= 0.6 is 14.5 Å². The quantitative estimate of drug-likeness (QED) is 0.0614. The summed E-state index contributed by atoms with van der Waals surface area (Å²) in [5, 5.41) is 30.8. The molecule has 62 heavy (non-hydrogen) atoms. The van der Waals surface area contributed by atoms with Gasteiger partial charge < -0.3 is 28.9 Å². The van der Waals surface area contributed by atoms with Crippen LogP contribution in [0.15, 0.2) is 77.5 Å². The van der Waals surface area contributed by atoms with Crippen molar-refractivity contribution in [2.45, 2.75) is 62.1 Å². The number of halogens is 2. The van der Waals surface area contributed by atoms with Crippen molar-refractivity contribution in [2.24, 2.45) is 0 Å². The largest absolute Gasteiger partial charge is 0.475 e. The van der Waals surface area contributed by atoms with E-state index in [1.165, 1.54) is 6.08 Å². The van der Waals surface area contributed by atoms with Gasteiger partial charge in [0, 0.05) is 17.8 Å². The number of aliphatic hydroxyl groups excluding tert-OH is 1. The van der Waals surface area contributed by atoms with E-state index in [0.29, 0.717) is 5.56 Å². The summed E-state index contributed by atoms with van der Waals surface area (Å²) in [6.07, 6.45) is -10.8. The molecule has 27 heteroatoms. The molecule has 3 aromatic heterocycles. The third-order valence-electron chi connectivity index (χ3n) is 8.91. The first-order valence-electron chi connectivity index (χ1n) is 18.4. The average Bonchev–Trinajstić information content (AvgIpc) is 3.92. The molecule has 0 aliphatic carbocycles. The van der Waals surface area contributed by atoms with Crippen molar-refractivity contribution >= 4 is 49.2 Å². The van der Waals surface area contributed by atoms with E-state index in [4.69, 9.17) is 53.7 Å². The molecule has 1 aromatic carbocycles. The zero-order valence-electron chi connectivity index (χ0n) is 32.1. The first-order valence-corrected chi connectivity index (χ1v) is 22.4. The Balaban J connectivity index is 1.32. The maximum atomic E-state index is 17.0. The number of aromatic amines is 1. The van der Waals surface area contributed by atoms with Gasteiger partial charge in [-0.3, -0.25) is 41.8 Å². The molecule has 0 spiro atoms. The smallest absolute Gasteiger partial charge is 0.394 e. The zero-order chi connectivity index (χ0) is 44.4. The number of amides is 1. The molecule has 2 saturated heterocycles. The zero-order valence-corrected chi connectivity index (χ0v) is 34.7. The highest BCUT2D eigenvalue weighted by Gasteiger charge is 2.53. The number of benzene rings is 1. The fraction of sp³-hybridized carbons (Fsp3) is 0.429. The molecule has 22 nitrogen and oxygen atoms in total. The van der Waals surface area contributed by atoms with Crippen molar-refractivity contribution in [1.82, 2.24) is 29.1 Å². The summed E-state index contributed by atoms with van der Waals surface area (Å²) in [5.41, 5.74) is -1.50. The van der Waals surface area contributed by atoms with Crippen LogP contribution in [0.5, 0.6) is 0 Å². The molecule has 3 N–H and O–H groups in total. The van der Waals surface area contributed by atoms with Crippen LogP contribution in [0.3, 0.4) is 0 Å². The number of rotatable bonds is 21. The lowest BCUT2D eigenvalue weighted by molar-refractivity contribution is -0.0598. The summed E-state index contributed by atoms with van der Waals surface area (Å²) in [6.45, 7) is -3.80. The number of nitrogens with one attached hydrogen (secondary N) is 2. The highest BCUT2D eigenvalue weighted by atomic mass is 32.5. The number of aliphatic hydroxyl groups is 1. The Labute approximate surface area is 354 Å². The van der Waals surface area contributed by atoms with Crippen LogP contribution in [0, 0.1) is 22.7 Å². The van der Waals surface area contributed by atoms with Gasteiger partial charge in [-0.2, -0.15) is 10.5 Å². The average molecular weight is 924 g/mol. The lowest BCUT2D eigenvalue weighted by Crippen LogP contribution is -2.38. The van der Waals surface area contributed by atoms with Crippen molar-refractivity contribution in [1.29, 1.82) is 10.5 Å². The Morgan fingerprint density at radius 2 is 1.69 bits per heavy atom. The van der Waals surface area contributed by atoms with Crippen molar-refractivity contribution < 1.29 is 59.9 Å². The maximum absolute atomic E-state index is 17.0. The van der Waals surface area contributed by atoms with Crippen molar-refractivity contribution in [3.63, 3.8) is 0 Å². The highest BCUT2D eigenvalue weighted by molar-refractivity contribution is 8.07. The molecule has 2 aliphatic rings. The molecule has 330 valence electrons. The number of imidazole rings is 1. The van der Waals surface area contributed by atoms with Gasteiger partial charge in [-0.25, -0.2) is 33.1 Å². The summed E-state index contributed by atoms with van der Waals surface area (Å²) in [7, 11) is -4.73. The highest BCUT2D eigenvalue weighted by Crippen LogP contribution is 2.57. The second-order valence-corrected chi connectivity index (χ2v) is 17.6. The van der Waals surface area contributed by atoms with Crippen LogP contribution in [-0.2, 0) is 53.0 Å². The Bertz CT molecular complexity index is 2520. The van der Waals surface area contributed by atoms with Gasteiger partial charge in [-0.05, 0) is 23.9 Å². The number of H-pyrrole nitrogens is 1. The Kier molecular flexibility index (Phi) is 15.7. The first-order chi connectivity index (χ1) is 29.8. The Morgan fingerprint density at radius 3 is 2.39 bits per heavy atom. The van der Waals surface area contributed by atoms with E-state index in [-0.39, 0.29) is 29.8 Å². The first kappa shape index (κ1) is 46.5. The normalized spacial score (nSPS) is 25.4. The Hall–Kier alpha value is -4.98. The van der Waals surface area contributed by atoms with Crippen molar-refractivity contribution in [3.05, 3.63) is 94.3 Å². The topological polar surface area (TPSA) is 286 Å². The van der Waals surface area contributed by atoms with E-state index in [2.05, 4.69) is 26.8 Å². The summed E-state index contributed by atoms with van der Waals surface area (Å²) in [5.74, 6) is -0.558. The maximum Gasteiger partial charge on any atom is 0.475 e. The molecule has 1 amide bonds. The lowest BCUT2D eigenvalue weighted by atomic mass is 10.1. The molecule has 5 heterocycles. The number of carbonyl (C=O) groups is 1. The van der Waals surface area contributed by atoms with Gasteiger partial charge in [0.15, 0.2) is 41.8 Å². The van der Waals surface area contributed by atoms with Crippen molar-refractivity contribution in [3.8, 4) is 12.1 Å². The minimum Gasteiger partial charge on any atom is -0.394 e. The fourth-order valence-electron chi connectivity index (χ4n) is 6.09. The number of nitriles is 2. The Morgan fingerprint density at radius 1 is 0.968 bits per heavy atom. The van der Waals surface area contributed by atoms with Gasteiger partial charge in [0.05, 0.1) is 64.3 Å². The molecule has 2 aliphatic heterocycles.